The Morgan fingerprint density at radius 1 is 1.19 bits per heavy atom. The Morgan fingerprint density at radius 3 is 2.51 bits per heavy atom. The first-order valence-electron chi connectivity index (χ1n) is 12.8. The number of ether oxygens (including phenoxy) is 2. The molecule has 37 heavy (non-hydrogen) atoms. The topological polar surface area (TPSA) is 43.4 Å². The van der Waals surface area contributed by atoms with Crippen LogP contribution in [0.2, 0.25) is 0 Å². The molecule has 2 aromatic rings. The van der Waals surface area contributed by atoms with E-state index in [9.17, 15) is 22.0 Å². The van der Waals surface area contributed by atoms with E-state index in [0.29, 0.717) is 24.9 Å². The maximum atomic E-state index is 13.8. The summed E-state index contributed by atoms with van der Waals surface area (Å²) in [6.45, 7) is 7.44. The molecule has 1 spiro atoms. The molecule has 2 heterocycles. The Balaban J connectivity index is 1.67. The zero-order valence-electron chi connectivity index (χ0n) is 21.7. The van der Waals surface area contributed by atoms with Crippen LogP contribution >= 0.6 is 0 Å². The maximum Gasteiger partial charge on any atom is 0.417 e. The van der Waals surface area contributed by atoms with Gasteiger partial charge in [0.1, 0.15) is 12.5 Å². The number of aromatic nitrogens is 1. The summed E-state index contributed by atoms with van der Waals surface area (Å²) in [6.07, 6.45) is -2.01. The van der Waals surface area contributed by atoms with Crippen molar-refractivity contribution in [3.63, 3.8) is 0 Å². The minimum absolute atomic E-state index is 0.0843. The molecule has 1 aromatic carbocycles. The van der Waals surface area contributed by atoms with Gasteiger partial charge in [0.2, 0.25) is 5.88 Å². The summed E-state index contributed by atoms with van der Waals surface area (Å²) in [5.74, 6) is -0.552. The average molecular weight is 527 g/mol. The summed E-state index contributed by atoms with van der Waals surface area (Å²) in [4.78, 5) is 4.03. The molecule has 2 aliphatic rings. The molecular formula is C28H35F5N2O2. The van der Waals surface area contributed by atoms with Crippen molar-refractivity contribution in [2.75, 3.05) is 19.8 Å². The van der Waals surface area contributed by atoms with Crippen LogP contribution in [-0.2, 0) is 10.9 Å². The van der Waals surface area contributed by atoms with Gasteiger partial charge in [-0.2, -0.15) is 13.2 Å². The predicted molar refractivity (Wildman–Crippen MR) is 131 cm³/mol. The van der Waals surface area contributed by atoms with Gasteiger partial charge in [0.25, 0.3) is 0 Å². The molecule has 1 aliphatic carbocycles. The first kappa shape index (κ1) is 27.8. The van der Waals surface area contributed by atoms with Gasteiger partial charge in [0, 0.05) is 29.1 Å². The van der Waals surface area contributed by atoms with E-state index in [-0.39, 0.29) is 42.2 Å². The molecule has 9 heteroatoms. The molecule has 2 fully saturated rings. The molecule has 4 nitrogen and oxygen atoms in total. The lowest BCUT2D eigenvalue weighted by Gasteiger charge is -2.35. The van der Waals surface area contributed by atoms with Crippen molar-refractivity contribution in [1.82, 2.24) is 10.3 Å². The monoisotopic (exact) mass is 526 g/mol. The summed E-state index contributed by atoms with van der Waals surface area (Å²) in [5.41, 5.74) is -0.854. The zero-order chi connectivity index (χ0) is 27.0. The maximum absolute atomic E-state index is 13.8. The number of pyridine rings is 1. The van der Waals surface area contributed by atoms with Crippen LogP contribution in [-0.4, -0.2) is 42.1 Å². The molecule has 0 amide bonds. The number of halogens is 5. The van der Waals surface area contributed by atoms with Crippen molar-refractivity contribution >= 4 is 0 Å². The van der Waals surface area contributed by atoms with Crippen molar-refractivity contribution in [1.29, 1.82) is 0 Å². The van der Waals surface area contributed by atoms with Crippen LogP contribution in [0.3, 0.4) is 0 Å². The number of alkyl halides is 4. The highest BCUT2D eigenvalue weighted by Gasteiger charge is 2.54. The van der Waals surface area contributed by atoms with Gasteiger partial charge in [-0.15, -0.1) is 0 Å². The number of benzene rings is 1. The molecule has 1 aromatic heterocycles. The van der Waals surface area contributed by atoms with Crippen molar-refractivity contribution < 1.29 is 31.4 Å². The first-order valence-corrected chi connectivity index (χ1v) is 12.8. The molecule has 4 rings (SSSR count). The molecule has 0 bridgehead atoms. The molecule has 0 radical (unpaired) electrons. The van der Waals surface area contributed by atoms with E-state index in [2.05, 4.69) is 10.3 Å². The fourth-order valence-corrected chi connectivity index (χ4v) is 5.73. The van der Waals surface area contributed by atoms with E-state index in [1.165, 1.54) is 12.1 Å². The predicted octanol–water partition coefficient (Wildman–Crippen LogP) is 6.80. The first-order chi connectivity index (χ1) is 17.3. The number of rotatable bonds is 8. The smallest absolute Gasteiger partial charge is 0.417 e. The SMILES string of the molecule is CC(C)Oc1ncc(C(F)(F)F)cc1C1COC2(CCC(CNC(C)(C)CF)C2c2ccc(F)cc2)C1. The molecule has 1 saturated heterocycles. The zero-order valence-corrected chi connectivity index (χ0v) is 21.7. The Bertz CT molecular complexity index is 1070. The van der Waals surface area contributed by atoms with E-state index in [1.54, 1.807) is 39.8 Å². The highest BCUT2D eigenvalue weighted by molar-refractivity contribution is 5.37. The molecule has 204 valence electrons. The molecule has 1 N–H and O–H groups in total. The molecule has 4 atom stereocenters. The third-order valence-corrected chi connectivity index (χ3v) is 7.54. The highest BCUT2D eigenvalue weighted by atomic mass is 19.4. The fraction of sp³-hybridized carbons (Fsp3) is 0.607. The molecule has 4 unspecified atom stereocenters. The third kappa shape index (κ3) is 6.08. The van der Waals surface area contributed by atoms with Crippen molar-refractivity contribution in [3.8, 4) is 5.88 Å². The van der Waals surface area contributed by atoms with Gasteiger partial charge in [-0.3, -0.25) is 0 Å². The van der Waals surface area contributed by atoms with E-state index < -0.39 is 29.6 Å². The largest absolute Gasteiger partial charge is 0.475 e. The Labute approximate surface area is 215 Å². The summed E-state index contributed by atoms with van der Waals surface area (Å²) in [7, 11) is 0. The second-order valence-electron chi connectivity index (χ2n) is 11.3. The van der Waals surface area contributed by atoms with Gasteiger partial charge in [-0.25, -0.2) is 13.8 Å². The van der Waals surface area contributed by atoms with Crippen molar-refractivity contribution in [2.45, 2.75) is 82.2 Å². The van der Waals surface area contributed by atoms with Crippen LogP contribution in [0.25, 0.3) is 0 Å². The average Bonchev–Trinajstić information content (AvgIpc) is 3.41. The van der Waals surface area contributed by atoms with Crippen LogP contribution in [0.15, 0.2) is 36.5 Å². The van der Waals surface area contributed by atoms with Gasteiger partial charge >= 0.3 is 6.18 Å². The number of nitrogens with zero attached hydrogens (tertiary/aromatic N) is 1. The highest BCUT2D eigenvalue weighted by Crippen LogP contribution is 2.57. The second-order valence-corrected chi connectivity index (χ2v) is 11.3. The van der Waals surface area contributed by atoms with E-state index in [1.807, 2.05) is 0 Å². The summed E-state index contributed by atoms with van der Waals surface area (Å²) >= 11 is 0. The Morgan fingerprint density at radius 2 is 1.89 bits per heavy atom. The standard InChI is InChI=1S/C28H35F5N2O2/c1-17(2)37-25-23(11-21(14-34-25)28(31,32)33)20-12-27(36-15-20)10-9-19(13-35-26(3,4)16-29)24(27)18-5-7-22(30)8-6-18/h5-8,11,14,17,19-20,24,35H,9-10,12-13,15-16H2,1-4H3. The van der Waals surface area contributed by atoms with Gasteiger partial charge < -0.3 is 14.8 Å². The van der Waals surface area contributed by atoms with Crippen LogP contribution in [0.5, 0.6) is 5.88 Å². The molecular weight excluding hydrogens is 491 g/mol. The number of hydrogen-bond acceptors (Lipinski definition) is 4. The second kappa shape index (κ2) is 10.5. The van der Waals surface area contributed by atoms with Gasteiger partial charge in [0.15, 0.2) is 0 Å². The number of hydrogen-bond donors (Lipinski definition) is 1. The molecule has 1 saturated carbocycles. The van der Waals surface area contributed by atoms with Crippen LogP contribution in [0.4, 0.5) is 22.0 Å². The lowest BCUT2D eigenvalue weighted by Crippen LogP contribution is -2.45. The molecule has 1 aliphatic heterocycles. The van der Waals surface area contributed by atoms with E-state index in [4.69, 9.17) is 9.47 Å². The number of nitrogens with one attached hydrogen (secondary N) is 1. The van der Waals surface area contributed by atoms with Gasteiger partial charge in [0.05, 0.1) is 23.9 Å². The third-order valence-electron chi connectivity index (χ3n) is 7.54. The van der Waals surface area contributed by atoms with Crippen molar-refractivity contribution in [2.24, 2.45) is 5.92 Å². The lowest BCUT2D eigenvalue weighted by atomic mass is 9.76. The Hall–Kier alpha value is -2.26. The van der Waals surface area contributed by atoms with Crippen LogP contribution < -0.4 is 10.1 Å². The summed E-state index contributed by atoms with van der Waals surface area (Å²) in [6, 6.07) is 7.44. The fourth-order valence-electron chi connectivity index (χ4n) is 5.73. The van der Waals surface area contributed by atoms with E-state index in [0.717, 1.165) is 24.2 Å². The van der Waals surface area contributed by atoms with Gasteiger partial charge in [-0.05, 0) is 83.2 Å². The van der Waals surface area contributed by atoms with E-state index >= 15 is 0 Å². The quantitative estimate of drug-likeness (QED) is 0.384. The summed E-state index contributed by atoms with van der Waals surface area (Å²) < 4.78 is 80.1. The van der Waals surface area contributed by atoms with Crippen LogP contribution in [0, 0.1) is 11.7 Å². The minimum atomic E-state index is -4.53. The minimum Gasteiger partial charge on any atom is -0.475 e. The van der Waals surface area contributed by atoms with Gasteiger partial charge in [-0.1, -0.05) is 12.1 Å². The summed E-state index contributed by atoms with van der Waals surface area (Å²) in [5, 5.41) is 3.31. The van der Waals surface area contributed by atoms with Crippen molar-refractivity contribution in [3.05, 3.63) is 59.0 Å². The van der Waals surface area contributed by atoms with Crippen LogP contribution in [0.1, 0.15) is 75.5 Å². The lowest BCUT2D eigenvalue weighted by molar-refractivity contribution is -0.137. The Kier molecular flexibility index (Phi) is 7.87. The normalized spacial score (nSPS) is 26.4.